The highest BCUT2D eigenvalue weighted by molar-refractivity contribution is 5.97. The molecule has 0 bridgehead atoms. The molecule has 0 spiro atoms. The van der Waals surface area contributed by atoms with Gasteiger partial charge < -0.3 is 19.3 Å². The van der Waals surface area contributed by atoms with E-state index >= 15 is 0 Å². The van der Waals surface area contributed by atoms with E-state index in [-0.39, 0.29) is 5.91 Å². The van der Waals surface area contributed by atoms with Crippen LogP contribution in [-0.2, 0) is 9.53 Å². The molecule has 1 fully saturated rings. The van der Waals surface area contributed by atoms with Gasteiger partial charge in [-0.2, -0.15) is 0 Å². The van der Waals surface area contributed by atoms with E-state index in [2.05, 4.69) is 22.0 Å². The highest BCUT2D eigenvalue weighted by atomic mass is 16.5. The van der Waals surface area contributed by atoms with Crippen molar-refractivity contribution in [3.05, 3.63) is 65.9 Å². The van der Waals surface area contributed by atoms with Crippen LogP contribution in [-0.4, -0.2) is 61.2 Å². The topological polar surface area (TPSA) is 72.0 Å². The Bertz CT molecular complexity index is 1120. The summed E-state index contributed by atoms with van der Waals surface area (Å²) in [5.74, 6) is -0.0525. The van der Waals surface area contributed by atoms with E-state index in [4.69, 9.17) is 9.47 Å². The first-order valence-electron chi connectivity index (χ1n) is 10.7. The number of amides is 1. The summed E-state index contributed by atoms with van der Waals surface area (Å²) in [6, 6.07) is 17.4. The summed E-state index contributed by atoms with van der Waals surface area (Å²) in [7, 11) is 1.59. The van der Waals surface area contributed by atoms with Gasteiger partial charge in [-0.3, -0.25) is 9.78 Å². The first-order valence-corrected chi connectivity index (χ1v) is 10.7. The van der Waals surface area contributed by atoms with Gasteiger partial charge in [-0.1, -0.05) is 18.2 Å². The number of aromatic nitrogens is 1. The molecule has 0 N–H and O–H groups in total. The largest absolute Gasteiger partial charge is 0.497 e. The number of ether oxygens (including phenoxy) is 2. The van der Waals surface area contributed by atoms with Crippen molar-refractivity contribution in [1.29, 1.82) is 0 Å². The molecule has 1 unspecified atom stereocenters. The lowest BCUT2D eigenvalue weighted by atomic mass is 10.1. The molecule has 0 radical (unpaired) electrons. The number of benzene rings is 2. The summed E-state index contributed by atoms with van der Waals surface area (Å²) >= 11 is 0. The minimum atomic E-state index is -0.869. The number of aryl methyl sites for hydroxylation is 1. The van der Waals surface area contributed by atoms with Gasteiger partial charge in [0.1, 0.15) is 5.75 Å². The Labute approximate surface area is 187 Å². The monoisotopic (exact) mass is 433 g/mol. The number of hydrogen-bond donors (Lipinski definition) is 0. The van der Waals surface area contributed by atoms with Crippen molar-refractivity contribution in [2.45, 2.75) is 20.0 Å². The standard InChI is InChI=1S/C25H27N3O4/c1-17-22(16-19-15-21(31-3)9-10-23(19)26-17)25(30)32-18(2)24(29)28-13-11-27(12-14-28)20-7-5-4-6-8-20/h4-10,15-16,18H,11-14H2,1-3H3. The predicted octanol–water partition coefficient (Wildman–Crippen LogP) is 3.45. The van der Waals surface area contributed by atoms with Crippen LogP contribution in [0.1, 0.15) is 23.0 Å². The zero-order valence-electron chi connectivity index (χ0n) is 18.6. The summed E-state index contributed by atoms with van der Waals surface area (Å²) in [6.45, 7) is 6.04. The van der Waals surface area contributed by atoms with Crippen LogP contribution in [0, 0.1) is 6.92 Å². The number of pyridine rings is 1. The number of carbonyl (C=O) groups is 2. The molecule has 1 amide bonds. The van der Waals surface area contributed by atoms with Gasteiger partial charge in [0.25, 0.3) is 5.91 Å². The van der Waals surface area contributed by atoms with Gasteiger partial charge in [-0.05, 0) is 50.2 Å². The van der Waals surface area contributed by atoms with E-state index in [1.165, 1.54) is 0 Å². The normalized spacial score (nSPS) is 14.8. The quantitative estimate of drug-likeness (QED) is 0.574. The van der Waals surface area contributed by atoms with Gasteiger partial charge in [0.15, 0.2) is 6.10 Å². The Morgan fingerprint density at radius 2 is 1.72 bits per heavy atom. The number of hydrogen-bond acceptors (Lipinski definition) is 6. The number of esters is 1. The van der Waals surface area contributed by atoms with E-state index in [9.17, 15) is 9.59 Å². The zero-order chi connectivity index (χ0) is 22.7. The lowest BCUT2D eigenvalue weighted by molar-refractivity contribution is -0.140. The predicted molar refractivity (Wildman–Crippen MR) is 123 cm³/mol. The van der Waals surface area contributed by atoms with E-state index in [0.29, 0.717) is 30.1 Å². The van der Waals surface area contributed by atoms with Crippen LogP contribution >= 0.6 is 0 Å². The molecule has 7 heteroatoms. The second kappa shape index (κ2) is 9.26. The fourth-order valence-electron chi connectivity index (χ4n) is 3.94. The lowest BCUT2D eigenvalue weighted by Gasteiger charge is -2.37. The van der Waals surface area contributed by atoms with Crippen molar-refractivity contribution in [2.75, 3.05) is 38.2 Å². The molecule has 7 nitrogen and oxygen atoms in total. The number of anilines is 1. The Balaban J connectivity index is 1.40. The van der Waals surface area contributed by atoms with Crippen LogP contribution in [0.4, 0.5) is 5.69 Å². The van der Waals surface area contributed by atoms with Crippen LogP contribution in [0.3, 0.4) is 0 Å². The van der Waals surface area contributed by atoms with E-state index < -0.39 is 12.1 Å². The highest BCUT2D eigenvalue weighted by Gasteiger charge is 2.28. The van der Waals surface area contributed by atoms with Crippen LogP contribution in [0.2, 0.25) is 0 Å². The number of methoxy groups -OCH3 is 1. The molecular weight excluding hydrogens is 406 g/mol. The molecule has 3 aromatic rings. The summed E-state index contributed by atoms with van der Waals surface area (Å²) < 4.78 is 10.8. The Morgan fingerprint density at radius 1 is 1.00 bits per heavy atom. The number of rotatable bonds is 5. The maximum Gasteiger partial charge on any atom is 0.340 e. The number of para-hydroxylation sites is 1. The average molecular weight is 434 g/mol. The van der Waals surface area contributed by atoms with Crippen LogP contribution < -0.4 is 9.64 Å². The molecule has 166 valence electrons. The molecule has 1 aliphatic heterocycles. The molecule has 0 aliphatic carbocycles. The van der Waals surface area contributed by atoms with Crippen molar-refractivity contribution in [2.24, 2.45) is 0 Å². The second-order valence-corrected chi connectivity index (χ2v) is 7.88. The molecular formula is C25H27N3O4. The number of fused-ring (bicyclic) bond motifs is 1. The van der Waals surface area contributed by atoms with Crippen molar-refractivity contribution < 1.29 is 19.1 Å². The highest BCUT2D eigenvalue weighted by Crippen LogP contribution is 2.23. The van der Waals surface area contributed by atoms with E-state index in [1.54, 1.807) is 31.9 Å². The lowest BCUT2D eigenvalue weighted by Crippen LogP contribution is -2.51. The number of piperazine rings is 1. The summed E-state index contributed by atoms with van der Waals surface area (Å²) in [6.07, 6.45) is -0.869. The third-order valence-electron chi connectivity index (χ3n) is 5.78. The van der Waals surface area contributed by atoms with Crippen LogP contribution in [0.25, 0.3) is 10.9 Å². The van der Waals surface area contributed by atoms with Crippen molar-refractivity contribution in [3.63, 3.8) is 0 Å². The first-order chi connectivity index (χ1) is 15.5. The molecule has 4 rings (SSSR count). The summed E-state index contributed by atoms with van der Waals surface area (Å²) in [4.78, 5) is 34.2. The van der Waals surface area contributed by atoms with Gasteiger partial charge in [0, 0.05) is 37.3 Å². The minimum Gasteiger partial charge on any atom is -0.497 e. The SMILES string of the molecule is COc1ccc2nc(C)c(C(=O)OC(C)C(=O)N3CCN(c4ccccc4)CC3)cc2c1. The fourth-order valence-corrected chi connectivity index (χ4v) is 3.94. The molecule has 2 aromatic carbocycles. The third kappa shape index (κ3) is 4.51. The van der Waals surface area contributed by atoms with Crippen LogP contribution in [0.5, 0.6) is 5.75 Å². The van der Waals surface area contributed by atoms with Crippen molar-refractivity contribution >= 4 is 28.5 Å². The van der Waals surface area contributed by atoms with Gasteiger partial charge in [0.05, 0.1) is 23.9 Å². The van der Waals surface area contributed by atoms with Crippen molar-refractivity contribution in [1.82, 2.24) is 9.88 Å². The minimum absolute atomic E-state index is 0.181. The second-order valence-electron chi connectivity index (χ2n) is 7.88. The van der Waals surface area contributed by atoms with Crippen LogP contribution in [0.15, 0.2) is 54.6 Å². The summed E-state index contributed by atoms with van der Waals surface area (Å²) in [5, 5.41) is 0.776. The Morgan fingerprint density at radius 3 is 2.41 bits per heavy atom. The maximum atomic E-state index is 12.9. The maximum absolute atomic E-state index is 12.9. The molecule has 1 atom stereocenters. The molecule has 1 saturated heterocycles. The van der Waals surface area contributed by atoms with Gasteiger partial charge in [-0.15, -0.1) is 0 Å². The molecule has 0 saturated carbocycles. The molecule has 32 heavy (non-hydrogen) atoms. The zero-order valence-corrected chi connectivity index (χ0v) is 18.6. The number of nitrogens with zero attached hydrogens (tertiary/aromatic N) is 3. The Kier molecular flexibility index (Phi) is 6.25. The third-order valence-corrected chi connectivity index (χ3v) is 5.78. The molecule has 1 aromatic heterocycles. The summed E-state index contributed by atoms with van der Waals surface area (Å²) in [5.41, 5.74) is 2.82. The molecule has 2 heterocycles. The van der Waals surface area contributed by atoms with E-state index in [0.717, 1.165) is 29.7 Å². The van der Waals surface area contributed by atoms with E-state index in [1.807, 2.05) is 36.4 Å². The van der Waals surface area contributed by atoms with Gasteiger partial charge in [0.2, 0.25) is 0 Å². The van der Waals surface area contributed by atoms with Gasteiger partial charge >= 0.3 is 5.97 Å². The number of carbonyl (C=O) groups excluding carboxylic acids is 2. The van der Waals surface area contributed by atoms with Crippen molar-refractivity contribution in [3.8, 4) is 5.75 Å². The Hall–Kier alpha value is -3.61. The molecule has 1 aliphatic rings. The smallest absolute Gasteiger partial charge is 0.340 e. The van der Waals surface area contributed by atoms with Gasteiger partial charge in [-0.25, -0.2) is 4.79 Å². The fraction of sp³-hybridized carbons (Fsp3) is 0.320. The average Bonchev–Trinajstić information content (AvgIpc) is 2.83. The first kappa shape index (κ1) is 21.6.